The molecule has 108 valence electrons. The minimum Gasteiger partial charge on any atom is -0.312 e. The molecule has 0 aromatic rings. The molecule has 4 heteroatoms. The van der Waals surface area contributed by atoms with E-state index in [-0.39, 0.29) is 11.3 Å². The summed E-state index contributed by atoms with van der Waals surface area (Å²) in [6.45, 7) is 11.3. The fourth-order valence-corrected chi connectivity index (χ4v) is 3.06. The van der Waals surface area contributed by atoms with Gasteiger partial charge in [0.05, 0.1) is 5.75 Å². The van der Waals surface area contributed by atoms with Gasteiger partial charge in [0, 0.05) is 11.3 Å². The molecule has 0 radical (unpaired) electrons. The summed E-state index contributed by atoms with van der Waals surface area (Å²) in [6, 6.07) is 0. The molecule has 0 rings (SSSR count). The molecule has 0 atom stereocenters. The summed E-state index contributed by atoms with van der Waals surface area (Å²) in [4.78, 5) is 0. The lowest BCUT2D eigenvalue weighted by atomic mass is 10.1. The summed E-state index contributed by atoms with van der Waals surface area (Å²) >= 11 is 0. The maximum Gasteiger partial charge on any atom is 0.150 e. The smallest absolute Gasteiger partial charge is 0.150 e. The number of allylic oxidation sites excluding steroid dienone is 1. The molecule has 0 aromatic carbocycles. The third-order valence-electron chi connectivity index (χ3n) is 2.61. The molecule has 0 bridgehead atoms. The highest BCUT2D eigenvalue weighted by atomic mass is 32.2. The first-order valence-electron chi connectivity index (χ1n) is 6.77. The van der Waals surface area contributed by atoms with Crippen molar-refractivity contribution in [1.29, 1.82) is 0 Å². The monoisotopic (exact) mass is 275 g/mol. The van der Waals surface area contributed by atoms with E-state index in [9.17, 15) is 8.42 Å². The quantitative estimate of drug-likeness (QED) is 0.547. The molecule has 1 N–H and O–H groups in total. The SMILES string of the molecule is CCCS(=O)(=O)CCC(C)=CCCNC(C)(C)C. The molecule has 0 aliphatic rings. The van der Waals surface area contributed by atoms with Gasteiger partial charge in [0.25, 0.3) is 0 Å². The standard InChI is InChI=1S/C14H29NO2S/c1-6-11-18(16,17)12-9-13(2)8-7-10-15-14(3,4)5/h8,15H,6-7,9-12H2,1-5H3. The Morgan fingerprint density at radius 1 is 1.22 bits per heavy atom. The first-order valence-corrected chi connectivity index (χ1v) is 8.59. The molecule has 3 nitrogen and oxygen atoms in total. The van der Waals surface area contributed by atoms with Crippen LogP contribution in [0.5, 0.6) is 0 Å². The summed E-state index contributed by atoms with van der Waals surface area (Å²) < 4.78 is 23.1. The van der Waals surface area contributed by atoms with Crippen LogP contribution in [-0.2, 0) is 9.84 Å². The molecule has 0 aromatic heterocycles. The largest absolute Gasteiger partial charge is 0.312 e. The Morgan fingerprint density at radius 3 is 2.33 bits per heavy atom. The van der Waals surface area contributed by atoms with Crippen LogP contribution in [0.4, 0.5) is 0 Å². The zero-order chi connectivity index (χ0) is 14.2. The van der Waals surface area contributed by atoms with Gasteiger partial charge in [-0.05, 0) is 53.5 Å². The van der Waals surface area contributed by atoms with Crippen LogP contribution in [0.15, 0.2) is 11.6 Å². The van der Waals surface area contributed by atoms with Crippen molar-refractivity contribution in [2.75, 3.05) is 18.1 Å². The predicted molar refractivity (Wildman–Crippen MR) is 79.7 cm³/mol. The zero-order valence-electron chi connectivity index (χ0n) is 12.5. The maximum atomic E-state index is 11.6. The van der Waals surface area contributed by atoms with E-state index < -0.39 is 9.84 Å². The van der Waals surface area contributed by atoms with Crippen molar-refractivity contribution in [1.82, 2.24) is 5.32 Å². The van der Waals surface area contributed by atoms with Crippen molar-refractivity contribution < 1.29 is 8.42 Å². The fraction of sp³-hybridized carbons (Fsp3) is 0.857. The van der Waals surface area contributed by atoms with E-state index in [1.807, 2.05) is 13.8 Å². The molecule has 0 fully saturated rings. The number of sulfone groups is 1. The van der Waals surface area contributed by atoms with Crippen molar-refractivity contribution in [3.8, 4) is 0 Å². The third-order valence-corrected chi connectivity index (χ3v) is 4.47. The van der Waals surface area contributed by atoms with Crippen LogP contribution in [0.2, 0.25) is 0 Å². The number of hydrogen-bond donors (Lipinski definition) is 1. The van der Waals surface area contributed by atoms with Gasteiger partial charge in [-0.3, -0.25) is 0 Å². The van der Waals surface area contributed by atoms with Gasteiger partial charge in [-0.25, -0.2) is 8.42 Å². The molecule has 18 heavy (non-hydrogen) atoms. The van der Waals surface area contributed by atoms with E-state index in [1.54, 1.807) is 0 Å². The highest BCUT2D eigenvalue weighted by Gasteiger charge is 2.09. The van der Waals surface area contributed by atoms with Gasteiger partial charge in [0.2, 0.25) is 0 Å². The fourth-order valence-electron chi connectivity index (χ4n) is 1.60. The van der Waals surface area contributed by atoms with Crippen LogP contribution in [-0.4, -0.2) is 32.0 Å². The lowest BCUT2D eigenvalue weighted by Gasteiger charge is -2.19. The number of hydrogen-bond acceptors (Lipinski definition) is 3. The Morgan fingerprint density at radius 2 is 1.83 bits per heavy atom. The van der Waals surface area contributed by atoms with Gasteiger partial charge in [-0.2, -0.15) is 0 Å². The van der Waals surface area contributed by atoms with Gasteiger partial charge < -0.3 is 5.32 Å². The maximum absolute atomic E-state index is 11.6. The molecule has 0 saturated carbocycles. The van der Waals surface area contributed by atoms with Crippen molar-refractivity contribution in [2.24, 2.45) is 0 Å². The molecular formula is C14H29NO2S. The number of rotatable bonds is 8. The summed E-state index contributed by atoms with van der Waals surface area (Å²) in [6.07, 6.45) is 4.47. The molecule has 0 saturated heterocycles. The van der Waals surface area contributed by atoms with E-state index in [4.69, 9.17) is 0 Å². The van der Waals surface area contributed by atoms with Crippen LogP contribution in [0.1, 0.15) is 53.9 Å². The van der Waals surface area contributed by atoms with Crippen molar-refractivity contribution >= 4 is 9.84 Å². The van der Waals surface area contributed by atoms with Gasteiger partial charge in [-0.1, -0.05) is 18.6 Å². The minimum absolute atomic E-state index is 0.145. The normalized spacial score (nSPS) is 13.9. The highest BCUT2D eigenvalue weighted by Crippen LogP contribution is 2.06. The highest BCUT2D eigenvalue weighted by molar-refractivity contribution is 7.91. The summed E-state index contributed by atoms with van der Waals surface area (Å²) in [5.74, 6) is 0.599. The third kappa shape index (κ3) is 10.8. The van der Waals surface area contributed by atoms with Crippen LogP contribution in [0.25, 0.3) is 0 Å². The Bertz CT molecular complexity index is 350. The van der Waals surface area contributed by atoms with E-state index in [1.165, 1.54) is 5.57 Å². The van der Waals surface area contributed by atoms with E-state index >= 15 is 0 Å². The molecule has 0 aliphatic heterocycles. The summed E-state index contributed by atoms with van der Waals surface area (Å²) in [5, 5.41) is 3.41. The second-order valence-corrected chi connectivity index (χ2v) is 8.22. The molecular weight excluding hydrogens is 246 g/mol. The van der Waals surface area contributed by atoms with Gasteiger partial charge in [0.1, 0.15) is 0 Å². The van der Waals surface area contributed by atoms with Crippen molar-refractivity contribution in [2.45, 2.75) is 59.4 Å². The van der Waals surface area contributed by atoms with Crippen LogP contribution >= 0.6 is 0 Å². The predicted octanol–water partition coefficient (Wildman–Crippen LogP) is 2.93. The van der Waals surface area contributed by atoms with Crippen LogP contribution in [0, 0.1) is 0 Å². The lowest BCUT2D eigenvalue weighted by molar-refractivity contribution is 0.431. The van der Waals surface area contributed by atoms with Crippen molar-refractivity contribution in [3.05, 3.63) is 11.6 Å². The summed E-state index contributed by atoms with van der Waals surface area (Å²) in [7, 11) is -2.84. The van der Waals surface area contributed by atoms with Gasteiger partial charge >= 0.3 is 0 Å². The van der Waals surface area contributed by atoms with Gasteiger partial charge in [0.15, 0.2) is 9.84 Å². The molecule has 0 unspecified atom stereocenters. The average molecular weight is 275 g/mol. The van der Waals surface area contributed by atoms with E-state index in [0.29, 0.717) is 18.6 Å². The Hall–Kier alpha value is -0.350. The molecule has 0 amide bonds. The van der Waals surface area contributed by atoms with Crippen molar-refractivity contribution in [3.63, 3.8) is 0 Å². The number of nitrogens with one attached hydrogen (secondary N) is 1. The second kappa shape index (κ2) is 7.95. The molecule has 0 aliphatic carbocycles. The summed E-state index contributed by atoms with van der Waals surface area (Å²) in [5.41, 5.74) is 1.32. The van der Waals surface area contributed by atoms with Gasteiger partial charge in [-0.15, -0.1) is 0 Å². The first-order chi connectivity index (χ1) is 8.16. The Balaban J connectivity index is 3.92. The minimum atomic E-state index is -2.84. The lowest BCUT2D eigenvalue weighted by Crippen LogP contribution is -2.36. The van der Waals surface area contributed by atoms with Crippen LogP contribution < -0.4 is 5.32 Å². The Labute approximate surface area is 113 Å². The molecule has 0 spiro atoms. The average Bonchev–Trinajstić information content (AvgIpc) is 2.20. The van der Waals surface area contributed by atoms with E-state index in [0.717, 1.165) is 13.0 Å². The zero-order valence-corrected chi connectivity index (χ0v) is 13.4. The molecule has 0 heterocycles. The van der Waals surface area contributed by atoms with E-state index in [2.05, 4.69) is 32.2 Å². The first kappa shape index (κ1) is 17.6. The second-order valence-electron chi connectivity index (χ2n) is 5.92. The van der Waals surface area contributed by atoms with Crippen LogP contribution in [0.3, 0.4) is 0 Å². The topological polar surface area (TPSA) is 46.2 Å². The Kier molecular flexibility index (Phi) is 7.79.